The minimum atomic E-state index is 0.649. The minimum Gasteiger partial charge on any atom is -0.494 e. The van der Waals surface area contributed by atoms with E-state index in [2.05, 4.69) is 70.8 Å². The number of benzene rings is 2. The highest BCUT2D eigenvalue weighted by molar-refractivity contribution is 6.34. The molecular weight excluding hydrogens is 504 g/mol. The number of H-pyrrole nitrogens is 1. The highest BCUT2D eigenvalue weighted by atomic mass is 35.5. The van der Waals surface area contributed by atoms with Crippen molar-refractivity contribution >= 4 is 17.2 Å². The van der Waals surface area contributed by atoms with Crippen LogP contribution in [-0.4, -0.2) is 26.4 Å². The number of hydrogen-bond acceptors (Lipinski definition) is 3. The lowest BCUT2D eigenvalue weighted by Gasteiger charge is -2.08. The molecule has 0 unspecified atom stereocenters. The number of aromatic nitrogens is 4. The Kier molecular flexibility index (Phi) is 11.8. The summed E-state index contributed by atoms with van der Waals surface area (Å²) in [6.07, 6.45) is 17.3. The number of fused-ring (bicyclic) bond motifs is 1. The average molecular weight is 549 g/mol. The Morgan fingerprint density at radius 1 is 0.718 bits per heavy atom. The van der Waals surface area contributed by atoms with E-state index in [0.29, 0.717) is 10.7 Å². The van der Waals surface area contributed by atoms with Gasteiger partial charge in [0.05, 0.1) is 12.3 Å². The van der Waals surface area contributed by atoms with Gasteiger partial charge in [-0.1, -0.05) is 113 Å². The molecule has 0 saturated heterocycles. The lowest BCUT2D eigenvalue weighted by molar-refractivity contribution is 0.304. The monoisotopic (exact) mass is 548 g/mol. The molecule has 2 aromatic heterocycles. The van der Waals surface area contributed by atoms with Crippen molar-refractivity contribution < 1.29 is 4.74 Å². The summed E-state index contributed by atoms with van der Waals surface area (Å²) < 4.78 is 7.87. The molecule has 4 rings (SSSR count). The van der Waals surface area contributed by atoms with Crippen molar-refractivity contribution in [1.29, 1.82) is 0 Å². The average Bonchev–Trinajstić information content (AvgIpc) is 3.47. The van der Waals surface area contributed by atoms with Gasteiger partial charge in [0.15, 0.2) is 11.5 Å². The Labute approximate surface area is 239 Å². The summed E-state index contributed by atoms with van der Waals surface area (Å²) in [5.41, 5.74) is 5.61. The number of rotatable bonds is 18. The summed E-state index contributed by atoms with van der Waals surface area (Å²) in [5.74, 6) is 1.90. The van der Waals surface area contributed by atoms with Gasteiger partial charge in [0.25, 0.3) is 0 Å². The highest BCUT2D eigenvalue weighted by Crippen LogP contribution is 2.21. The SMILES string of the molecule is CCCCCCCCCCCCOc1ccc(Cc2ccc(CCCc3nnc4c(Cl)c(C)[nH]n34)cc2)cc1. The van der Waals surface area contributed by atoms with Gasteiger partial charge in [-0.05, 0) is 61.4 Å². The molecule has 2 aromatic carbocycles. The van der Waals surface area contributed by atoms with Crippen molar-refractivity contribution in [2.75, 3.05) is 6.61 Å². The first-order valence-corrected chi connectivity index (χ1v) is 15.4. The quantitative estimate of drug-likeness (QED) is 0.126. The molecule has 210 valence electrons. The summed E-state index contributed by atoms with van der Waals surface area (Å²) in [5, 5.41) is 12.4. The normalized spacial score (nSPS) is 11.5. The number of halogens is 1. The zero-order valence-corrected chi connectivity index (χ0v) is 24.6. The van der Waals surface area contributed by atoms with Crippen LogP contribution in [0.25, 0.3) is 5.65 Å². The van der Waals surface area contributed by atoms with E-state index in [-0.39, 0.29) is 0 Å². The second-order valence-corrected chi connectivity index (χ2v) is 11.2. The molecule has 1 N–H and O–H groups in total. The van der Waals surface area contributed by atoms with Crippen molar-refractivity contribution in [3.05, 3.63) is 81.8 Å². The lowest BCUT2D eigenvalue weighted by Crippen LogP contribution is -1.98. The number of hydrogen-bond donors (Lipinski definition) is 1. The van der Waals surface area contributed by atoms with E-state index in [1.807, 2.05) is 11.4 Å². The van der Waals surface area contributed by atoms with Crippen LogP contribution in [0.2, 0.25) is 5.02 Å². The lowest BCUT2D eigenvalue weighted by atomic mass is 10.0. The summed E-state index contributed by atoms with van der Waals surface area (Å²) in [6, 6.07) is 17.6. The number of aromatic amines is 1. The Morgan fingerprint density at radius 2 is 1.31 bits per heavy atom. The Bertz CT molecular complexity index is 1240. The van der Waals surface area contributed by atoms with Crippen LogP contribution >= 0.6 is 11.6 Å². The molecule has 0 atom stereocenters. The molecule has 0 aliphatic heterocycles. The van der Waals surface area contributed by atoms with Crippen molar-refractivity contribution in [2.24, 2.45) is 0 Å². The van der Waals surface area contributed by atoms with E-state index >= 15 is 0 Å². The van der Waals surface area contributed by atoms with E-state index in [0.717, 1.165) is 56.0 Å². The van der Waals surface area contributed by atoms with Crippen molar-refractivity contribution in [3.63, 3.8) is 0 Å². The first-order chi connectivity index (χ1) is 19.1. The molecule has 2 heterocycles. The fourth-order valence-corrected chi connectivity index (χ4v) is 5.28. The Hall–Kier alpha value is -2.79. The van der Waals surface area contributed by atoms with E-state index in [1.54, 1.807) is 0 Å². The molecule has 0 spiro atoms. The zero-order chi connectivity index (χ0) is 27.3. The van der Waals surface area contributed by atoms with Gasteiger partial charge in [0.1, 0.15) is 10.8 Å². The molecule has 0 amide bonds. The van der Waals surface area contributed by atoms with E-state index in [1.165, 1.54) is 74.5 Å². The fraction of sp³-hybridized carbons (Fsp3) is 0.515. The van der Waals surface area contributed by atoms with E-state index in [9.17, 15) is 0 Å². The first-order valence-electron chi connectivity index (χ1n) is 15.0. The summed E-state index contributed by atoms with van der Waals surface area (Å²) in [4.78, 5) is 0. The molecule has 4 aromatic rings. The smallest absolute Gasteiger partial charge is 0.196 e. The van der Waals surface area contributed by atoms with Crippen LogP contribution in [0.4, 0.5) is 0 Å². The van der Waals surface area contributed by atoms with Gasteiger partial charge in [-0.3, -0.25) is 5.10 Å². The molecular formula is C33H45ClN4O. The van der Waals surface area contributed by atoms with E-state index in [4.69, 9.17) is 16.3 Å². The third-order valence-electron chi connectivity index (χ3n) is 7.52. The highest BCUT2D eigenvalue weighted by Gasteiger charge is 2.13. The molecule has 39 heavy (non-hydrogen) atoms. The molecule has 5 nitrogen and oxygen atoms in total. The molecule has 0 aliphatic carbocycles. The van der Waals surface area contributed by atoms with Gasteiger partial charge in [-0.25, -0.2) is 4.52 Å². The number of ether oxygens (including phenoxy) is 1. The molecule has 0 bridgehead atoms. The topological polar surface area (TPSA) is 55.2 Å². The van der Waals surface area contributed by atoms with Crippen molar-refractivity contribution in [3.8, 4) is 5.75 Å². The molecule has 0 saturated carbocycles. The largest absolute Gasteiger partial charge is 0.494 e. The maximum Gasteiger partial charge on any atom is 0.196 e. The van der Waals surface area contributed by atoms with Crippen LogP contribution in [-0.2, 0) is 19.3 Å². The van der Waals surface area contributed by atoms with Gasteiger partial charge in [0.2, 0.25) is 0 Å². The number of aryl methyl sites for hydroxylation is 3. The number of unbranched alkanes of at least 4 members (excludes halogenated alkanes) is 9. The predicted octanol–water partition coefficient (Wildman–Crippen LogP) is 9.09. The summed E-state index contributed by atoms with van der Waals surface area (Å²) >= 11 is 6.26. The van der Waals surface area contributed by atoms with Gasteiger partial charge in [0, 0.05) is 6.42 Å². The predicted molar refractivity (Wildman–Crippen MR) is 162 cm³/mol. The van der Waals surface area contributed by atoms with Crippen LogP contribution in [0.5, 0.6) is 5.75 Å². The third kappa shape index (κ3) is 9.13. The van der Waals surface area contributed by atoms with Crippen LogP contribution in [0.3, 0.4) is 0 Å². The van der Waals surface area contributed by atoms with Crippen molar-refractivity contribution in [2.45, 2.75) is 104 Å². The second kappa shape index (κ2) is 15.7. The summed E-state index contributed by atoms with van der Waals surface area (Å²) in [7, 11) is 0. The van der Waals surface area contributed by atoms with Crippen LogP contribution in [0.15, 0.2) is 48.5 Å². The molecule has 6 heteroatoms. The number of nitrogens with one attached hydrogen (secondary N) is 1. The van der Waals surface area contributed by atoms with Crippen molar-refractivity contribution in [1.82, 2.24) is 19.8 Å². The standard InChI is InChI=1S/C33H45ClN4O/c1-3-4-5-6-7-8-9-10-11-12-24-39-30-22-20-29(21-23-30)25-28-18-16-27(17-19-28)14-13-15-31-35-36-33-32(34)26(2)37-38(31)33/h16-23,37H,3-15,24-25H2,1-2H3. The maximum absolute atomic E-state index is 6.26. The van der Waals surface area contributed by atoms with Gasteiger partial charge < -0.3 is 4.74 Å². The van der Waals surface area contributed by atoms with Crippen LogP contribution in [0, 0.1) is 6.92 Å². The summed E-state index contributed by atoms with van der Waals surface area (Å²) in [6.45, 7) is 5.04. The molecule has 0 radical (unpaired) electrons. The number of nitrogens with zero attached hydrogens (tertiary/aromatic N) is 3. The second-order valence-electron chi connectivity index (χ2n) is 10.8. The van der Waals surface area contributed by atoms with Gasteiger partial charge in [-0.2, -0.15) is 0 Å². The first kappa shape index (κ1) is 29.2. The zero-order valence-electron chi connectivity index (χ0n) is 23.9. The fourth-order valence-electron chi connectivity index (χ4n) is 5.12. The van der Waals surface area contributed by atoms with Gasteiger partial charge >= 0.3 is 0 Å². The minimum absolute atomic E-state index is 0.649. The molecule has 0 fully saturated rings. The Morgan fingerprint density at radius 3 is 1.97 bits per heavy atom. The van der Waals surface area contributed by atoms with E-state index < -0.39 is 0 Å². The Balaban J connectivity index is 1.10. The maximum atomic E-state index is 6.26. The van der Waals surface area contributed by atoms with Gasteiger partial charge in [-0.15, -0.1) is 10.2 Å². The van der Waals surface area contributed by atoms with Crippen LogP contribution < -0.4 is 4.74 Å². The third-order valence-corrected chi connectivity index (χ3v) is 7.97. The molecule has 0 aliphatic rings. The van der Waals surface area contributed by atoms with Crippen LogP contribution in [0.1, 0.15) is 106 Å².